The van der Waals surface area contributed by atoms with Gasteiger partial charge >= 0.3 is 6.03 Å². The molecule has 1 aromatic heterocycles. The third-order valence-electron chi connectivity index (χ3n) is 7.55. The molecule has 0 radical (unpaired) electrons. The molecule has 10 nitrogen and oxygen atoms in total. The van der Waals surface area contributed by atoms with Crippen LogP contribution in [0, 0.1) is 5.41 Å². The molecule has 1 saturated heterocycles. The monoisotopic (exact) mass is 472 g/mol. The number of nitrogens with two attached hydrogens (primary N) is 2. The number of amides is 2. The van der Waals surface area contributed by atoms with Gasteiger partial charge < -0.3 is 20.5 Å². The van der Waals surface area contributed by atoms with Crippen LogP contribution < -0.4 is 16.2 Å². The number of carbonyl (C=O) groups is 1. The molecule has 1 atom stereocenters. The van der Waals surface area contributed by atoms with Gasteiger partial charge in [0.1, 0.15) is 11.5 Å². The highest BCUT2D eigenvalue weighted by molar-refractivity contribution is 7.96. The number of nitrogens with one attached hydrogen (secondary N) is 1. The van der Waals surface area contributed by atoms with E-state index in [0.29, 0.717) is 26.4 Å². The number of fused-ring (bicyclic) bond motifs is 3. The summed E-state index contributed by atoms with van der Waals surface area (Å²) in [6, 6.07) is -0.763. The highest BCUT2D eigenvalue weighted by Gasteiger charge is 2.51. The van der Waals surface area contributed by atoms with Crippen molar-refractivity contribution in [2.24, 2.45) is 25.6 Å². The maximum Gasteiger partial charge on any atom is 0.354 e. The van der Waals surface area contributed by atoms with Gasteiger partial charge in [-0.3, -0.25) is 4.98 Å². The van der Waals surface area contributed by atoms with Gasteiger partial charge in [0.25, 0.3) is 0 Å². The molecule has 176 valence electrons. The summed E-state index contributed by atoms with van der Waals surface area (Å²) < 4.78 is 28.0. The molecule has 6 rings (SSSR count). The second-order valence-electron chi connectivity index (χ2n) is 9.90. The molecule has 1 saturated carbocycles. The fraction of sp³-hybridized carbons (Fsp3) is 0.591. The Hall–Kier alpha value is -2.50. The fourth-order valence-corrected chi connectivity index (χ4v) is 6.40. The standard InChI is InChI=1S/C22H28N6O4S/c23-8-16(19-25-9-21(12-32-19)10-31-11-21)33(24,30)28-20(29)27-17-13-2-1-3-15(13)26-18-14(17)4-5-22(18)6-7-22/h8H,1-7,9-12,23H2,(H3,24,26,27,28,29,30)/b16-8+. The van der Waals surface area contributed by atoms with Crippen molar-refractivity contribution in [3.8, 4) is 0 Å². The summed E-state index contributed by atoms with van der Waals surface area (Å²) in [5, 5.41) is 8.91. The van der Waals surface area contributed by atoms with Gasteiger partial charge in [-0.15, -0.1) is 4.36 Å². The lowest BCUT2D eigenvalue weighted by atomic mass is 9.86. The summed E-state index contributed by atoms with van der Waals surface area (Å²) in [7, 11) is -3.66. The summed E-state index contributed by atoms with van der Waals surface area (Å²) >= 11 is 0. The van der Waals surface area contributed by atoms with Crippen LogP contribution in [0.2, 0.25) is 0 Å². The number of aliphatic imine (C=N–C) groups is 1. The zero-order chi connectivity index (χ0) is 22.8. The number of rotatable bonds is 3. The zero-order valence-electron chi connectivity index (χ0n) is 18.4. The van der Waals surface area contributed by atoms with Crippen LogP contribution in [0.15, 0.2) is 20.5 Å². The Morgan fingerprint density at radius 1 is 1.15 bits per heavy atom. The zero-order valence-corrected chi connectivity index (χ0v) is 19.2. The van der Waals surface area contributed by atoms with Crippen molar-refractivity contribution in [1.29, 1.82) is 0 Å². The number of aryl methyl sites for hydroxylation is 1. The van der Waals surface area contributed by atoms with Gasteiger partial charge in [-0.1, -0.05) is 0 Å². The van der Waals surface area contributed by atoms with Gasteiger partial charge in [0.2, 0.25) is 5.90 Å². The first-order chi connectivity index (χ1) is 15.8. The van der Waals surface area contributed by atoms with Crippen LogP contribution >= 0.6 is 0 Å². The third-order valence-corrected chi connectivity index (χ3v) is 8.93. The van der Waals surface area contributed by atoms with Crippen LogP contribution in [0.25, 0.3) is 0 Å². The highest BCUT2D eigenvalue weighted by atomic mass is 32.2. The Balaban J connectivity index is 1.28. The van der Waals surface area contributed by atoms with E-state index < -0.39 is 15.9 Å². The first-order valence-electron chi connectivity index (χ1n) is 11.4. The largest absolute Gasteiger partial charge is 0.476 e. The summed E-state index contributed by atoms with van der Waals surface area (Å²) in [5.74, 6) is 0.0699. The van der Waals surface area contributed by atoms with Gasteiger partial charge in [-0.25, -0.2) is 19.1 Å². The van der Waals surface area contributed by atoms with Crippen molar-refractivity contribution in [1.82, 2.24) is 4.98 Å². The van der Waals surface area contributed by atoms with Crippen LogP contribution in [-0.2, 0) is 44.1 Å². The molecule has 1 aromatic rings. The van der Waals surface area contributed by atoms with E-state index in [1.54, 1.807) is 0 Å². The smallest absolute Gasteiger partial charge is 0.354 e. The fourth-order valence-electron chi connectivity index (χ4n) is 5.44. The third kappa shape index (κ3) is 3.36. The van der Waals surface area contributed by atoms with E-state index in [1.165, 1.54) is 0 Å². The molecule has 3 aliphatic carbocycles. The topological polar surface area (TPSA) is 154 Å². The van der Waals surface area contributed by atoms with Gasteiger partial charge in [-0.05, 0) is 56.1 Å². The second-order valence-corrected chi connectivity index (χ2v) is 11.7. The van der Waals surface area contributed by atoms with Crippen LogP contribution in [0.5, 0.6) is 0 Å². The lowest BCUT2D eigenvalue weighted by molar-refractivity contribution is -0.132. The van der Waals surface area contributed by atoms with E-state index >= 15 is 0 Å². The highest BCUT2D eigenvalue weighted by Crippen LogP contribution is 2.58. The molecule has 0 bridgehead atoms. The first-order valence-corrected chi connectivity index (χ1v) is 13.0. The number of hydrogen-bond acceptors (Lipinski definition) is 7. The predicted octanol–water partition coefficient (Wildman–Crippen LogP) is 1.67. The second kappa shape index (κ2) is 7.25. The lowest BCUT2D eigenvalue weighted by Crippen LogP contribution is -2.51. The minimum Gasteiger partial charge on any atom is -0.476 e. The average Bonchev–Trinajstić information content (AvgIpc) is 3.23. The normalized spacial score (nSPS) is 25.4. The van der Waals surface area contributed by atoms with Crippen molar-refractivity contribution in [2.45, 2.75) is 50.4 Å². The maximum atomic E-state index is 13.2. The number of nitrogens with zero attached hydrogens (tertiary/aromatic N) is 3. The minimum absolute atomic E-state index is 0.0699. The number of urea groups is 1. The number of ether oxygens (including phenoxy) is 2. The average molecular weight is 473 g/mol. The quantitative estimate of drug-likeness (QED) is 0.608. The number of carbonyl (C=O) groups excluding carboxylic acids is 1. The molecular weight excluding hydrogens is 444 g/mol. The molecule has 3 heterocycles. The van der Waals surface area contributed by atoms with Crippen molar-refractivity contribution in [3.63, 3.8) is 0 Å². The number of aromatic nitrogens is 1. The van der Waals surface area contributed by atoms with Gasteiger partial charge in [-0.2, -0.15) is 0 Å². The summed E-state index contributed by atoms with van der Waals surface area (Å²) in [6.45, 7) is 1.95. The Morgan fingerprint density at radius 2 is 1.97 bits per heavy atom. The van der Waals surface area contributed by atoms with E-state index in [9.17, 15) is 9.00 Å². The summed E-state index contributed by atoms with van der Waals surface area (Å²) in [5.41, 5.74) is 10.9. The molecule has 2 amide bonds. The lowest BCUT2D eigenvalue weighted by Gasteiger charge is -2.42. The molecule has 2 fully saturated rings. The number of hydrogen-bond donors (Lipinski definition) is 3. The Labute approximate surface area is 192 Å². The molecule has 1 unspecified atom stereocenters. The SMILES string of the molecule is N/C=C(\C1=NCC2(COC2)CO1)S(N)(=O)=NC(=O)Nc1c2c(nc3c1CCC31CC1)CCC2. The summed E-state index contributed by atoms with van der Waals surface area (Å²) in [6.07, 6.45) is 8.10. The number of anilines is 1. The van der Waals surface area contributed by atoms with Crippen LogP contribution in [0.3, 0.4) is 0 Å². The van der Waals surface area contributed by atoms with Crippen molar-refractivity contribution in [2.75, 3.05) is 31.7 Å². The molecular formula is C22H28N6O4S. The van der Waals surface area contributed by atoms with Gasteiger partial charge in [0, 0.05) is 17.3 Å². The van der Waals surface area contributed by atoms with Crippen molar-refractivity contribution < 1.29 is 18.5 Å². The Kier molecular flexibility index (Phi) is 4.63. The van der Waals surface area contributed by atoms with Gasteiger partial charge in [0.15, 0.2) is 9.92 Å². The van der Waals surface area contributed by atoms with E-state index in [4.69, 9.17) is 25.3 Å². The van der Waals surface area contributed by atoms with E-state index in [1.807, 2.05) is 0 Å². The molecule has 5 N–H and O–H groups in total. The van der Waals surface area contributed by atoms with Crippen molar-refractivity contribution >= 4 is 27.5 Å². The van der Waals surface area contributed by atoms with Crippen LogP contribution in [0.1, 0.15) is 48.2 Å². The molecule has 2 spiro atoms. The van der Waals surface area contributed by atoms with Crippen LogP contribution in [-0.4, -0.2) is 47.5 Å². The molecule has 2 aliphatic heterocycles. The summed E-state index contributed by atoms with van der Waals surface area (Å²) in [4.78, 5) is 22.2. The molecule has 33 heavy (non-hydrogen) atoms. The molecule has 11 heteroatoms. The Morgan fingerprint density at radius 3 is 2.61 bits per heavy atom. The van der Waals surface area contributed by atoms with E-state index in [2.05, 4.69) is 14.7 Å². The number of pyridine rings is 1. The minimum atomic E-state index is -3.66. The van der Waals surface area contributed by atoms with E-state index in [-0.39, 0.29) is 21.6 Å². The molecule has 5 aliphatic rings. The first kappa shape index (κ1) is 21.1. The van der Waals surface area contributed by atoms with Crippen LogP contribution in [0.4, 0.5) is 10.5 Å². The van der Waals surface area contributed by atoms with Gasteiger partial charge in [0.05, 0.1) is 36.6 Å². The Bertz CT molecular complexity index is 1240. The molecule has 0 aromatic carbocycles. The van der Waals surface area contributed by atoms with E-state index in [0.717, 1.165) is 79.3 Å². The van der Waals surface area contributed by atoms with Crippen molar-refractivity contribution in [3.05, 3.63) is 33.6 Å². The predicted molar refractivity (Wildman–Crippen MR) is 123 cm³/mol. The maximum absolute atomic E-state index is 13.2.